The van der Waals surface area contributed by atoms with Crippen LogP contribution in [-0.4, -0.2) is 48.5 Å². The third kappa shape index (κ3) is 3.00. The molecule has 6 nitrogen and oxygen atoms in total. The second-order valence-corrected chi connectivity index (χ2v) is 7.47. The smallest absolute Gasteiger partial charge is 0.322 e. The third-order valence-electron chi connectivity index (χ3n) is 3.20. The van der Waals surface area contributed by atoms with Crippen LogP contribution in [-0.2, 0) is 14.8 Å². The Balaban J connectivity index is 2.34. The van der Waals surface area contributed by atoms with Crippen LogP contribution in [0.3, 0.4) is 0 Å². The molecule has 1 aromatic rings. The normalized spacial score (nSPS) is 23.4. The van der Waals surface area contributed by atoms with Crippen LogP contribution < -0.4 is 5.32 Å². The van der Waals surface area contributed by atoms with E-state index in [2.05, 4.69) is 5.32 Å². The summed E-state index contributed by atoms with van der Waals surface area (Å²) in [6, 6.07) is 7.16. The van der Waals surface area contributed by atoms with E-state index in [1.165, 1.54) is 16.4 Å². The van der Waals surface area contributed by atoms with Gasteiger partial charge in [-0.1, -0.05) is 18.2 Å². The second kappa shape index (κ2) is 5.16. The molecule has 0 amide bonds. The summed E-state index contributed by atoms with van der Waals surface area (Å²) in [5.41, 5.74) is -0.594. The molecule has 0 spiro atoms. The molecule has 1 unspecified atom stereocenters. The van der Waals surface area contributed by atoms with Crippen molar-refractivity contribution in [2.24, 2.45) is 0 Å². The number of hydrogen-bond acceptors (Lipinski definition) is 4. The van der Waals surface area contributed by atoms with Crippen molar-refractivity contribution in [3.63, 3.8) is 0 Å². The number of carboxylic acids is 1. The maximum Gasteiger partial charge on any atom is 0.322 e. The Labute approximate surface area is 118 Å². The van der Waals surface area contributed by atoms with E-state index in [-0.39, 0.29) is 18.0 Å². The standard InChI is InChI=1S/C13H18N2O4S/c1-13(2)9-15(8-11(14-13)12(16)17)20(18,19)10-6-4-3-5-7-10/h3-7,11,14H,8-9H2,1-2H3,(H,16,17). The number of nitrogens with zero attached hydrogens (tertiary/aromatic N) is 1. The molecule has 1 heterocycles. The van der Waals surface area contributed by atoms with E-state index in [1.807, 2.05) is 0 Å². The molecule has 0 aromatic heterocycles. The van der Waals surface area contributed by atoms with Crippen molar-refractivity contribution < 1.29 is 18.3 Å². The molecule has 0 saturated carbocycles. The molecular weight excluding hydrogens is 280 g/mol. The second-order valence-electron chi connectivity index (χ2n) is 5.53. The van der Waals surface area contributed by atoms with Gasteiger partial charge in [0.2, 0.25) is 10.0 Å². The molecule has 0 radical (unpaired) electrons. The SMILES string of the molecule is CC1(C)CN(S(=O)(=O)c2ccccc2)CC(C(=O)O)N1. The Morgan fingerprint density at radius 3 is 2.50 bits per heavy atom. The zero-order valence-electron chi connectivity index (χ0n) is 11.4. The molecule has 0 aliphatic carbocycles. The first-order valence-electron chi connectivity index (χ1n) is 6.28. The van der Waals surface area contributed by atoms with E-state index < -0.39 is 27.6 Å². The Morgan fingerprint density at radius 1 is 1.35 bits per heavy atom. The summed E-state index contributed by atoms with van der Waals surface area (Å²) in [6.07, 6.45) is 0. The van der Waals surface area contributed by atoms with Gasteiger partial charge in [-0.3, -0.25) is 10.1 Å². The van der Waals surface area contributed by atoms with Gasteiger partial charge in [0, 0.05) is 18.6 Å². The molecule has 2 N–H and O–H groups in total. The van der Waals surface area contributed by atoms with Crippen LogP contribution in [0.2, 0.25) is 0 Å². The van der Waals surface area contributed by atoms with Crippen molar-refractivity contribution in [2.75, 3.05) is 13.1 Å². The molecule has 2 rings (SSSR count). The average molecular weight is 298 g/mol. The highest BCUT2D eigenvalue weighted by Gasteiger charge is 2.40. The molecule has 7 heteroatoms. The Hall–Kier alpha value is -1.44. The number of rotatable bonds is 3. The predicted octanol–water partition coefficient (Wildman–Crippen LogP) is 0.512. The van der Waals surface area contributed by atoms with Gasteiger partial charge in [0.15, 0.2) is 0 Å². The van der Waals surface area contributed by atoms with Crippen LogP contribution in [0.25, 0.3) is 0 Å². The van der Waals surface area contributed by atoms with Crippen molar-refractivity contribution in [1.29, 1.82) is 0 Å². The molecule has 110 valence electrons. The summed E-state index contributed by atoms with van der Waals surface area (Å²) in [5, 5.41) is 12.1. The van der Waals surface area contributed by atoms with Crippen LogP contribution in [0.15, 0.2) is 35.2 Å². The summed E-state index contributed by atoms with van der Waals surface area (Å²) < 4.78 is 26.3. The fourth-order valence-corrected chi connectivity index (χ4v) is 3.97. The van der Waals surface area contributed by atoms with Gasteiger partial charge in [-0.25, -0.2) is 8.42 Å². The van der Waals surface area contributed by atoms with Gasteiger partial charge in [0.1, 0.15) is 6.04 Å². The monoisotopic (exact) mass is 298 g/mol. The first-order valence-corrected chi connectivity index (χ1v) is 7.72. The Bertz CT molecular complexity index is 598. The number of piperazine rings is 1. The first-order chi connectivity index (χ1) is 9.22. The highest BCUT2D eigenvalue weighted by Crippen LogP contribution is 2.22. The Morgan fingerprint density at radius 2 is 1.95 bits per heavy atom. The summed E-state index contributed by atoms with van der Waals surface area (Å²) in [5.74, 6) is -1.05. The number of nitrogens with one attached hydrogen (secondary N) is 1. The lowest BCUT2D eigenvalue weighted by atomic mass is 10.0. The van der Waals surface area contributed by atoms with Gasteiger partial charge >= 0.3 is 5.97 Å². The fraction of sp³-hybridized carbons (Fsp3) is 0.462. The van der Waals surface area contributed by atoms with E-state index in [0.29, 0.717) is 0 Å². The summed E-state index contributed by atoms with van der Waals surface area (Å²) in [6.45, 7) is 3.73. The minimum Gasteiger partial charge on any atom is -0.480 e. The van der Waals surface area contributed by atoms with Crippen molar-refractivity contribution in [3.8, 4) is 0 Å². The lowest BCUT2D eigenvalue weighted by molar-refractivity contribution is -0.141. The highest BCUT2D eigenvalue weighted by atomic mass is 32.2. The fourth-order valence-electron chi connectivity index (χ4n) is 2.34. The molecule has 1 atom stereocenters. The Kier molecular flexibility index (Phi) is 3.86. The molecule has 1 aliphatic rings. The minimum atomic E-state index is -3.67. The van der Waals surface area contributed by atoms with Crippen molar-refractivity contribution >= 4 is 16.0 Å². The number of benzene rings is 1. The zero-order valence-corrected chi connectivity index (χ0v) is 12.2. The number of carboxylic acid groups (broad SMARTS) is 1. The summed E-state index contributed by atoms with van der Waals surface area (Å²) >= 11 is 0. The van der Waals surface area contributed by atoms with Gasteiger partial charge in [0.25, 0.3) is 0 Å². The number of sulfonamides is 1. The number of aliphatic carboxylic acids is 1. The van der Waals surface area contributed by atoms with E-state index in [0.717, 1.165) is 0 Å². The molecule has 0 bridgehead atoms. The van der Waals surface area contributed by atoms with Gasteiger partial charge in [0.05, 0.1) is 4.90 Å². The van der Waals surface area contributed by atoms with E-state index in [9.17, 15) is 13.2 Å². The highest BCUT2D eigenvalue weighted by molar-refractivity contribution is 7.89. The largest absolute Gasteiger partial charge is 0.480 e. The lowest BCUT2D eigenvalue weighted by Crippen LogP contribution is -2.65. The van der Waals surface area contributed by atoms with Gasteiger partial charge < -0.3 is 5.11 Å². The topological polar surface area (TPSA) is 86.7 Å². The molecular formula is C13H18N2O4S. The van der Waals surface area contributed by atoms with Crippen molar-refractivity contribution in [1.82, 2.24) is 9.62 Å². The van der Waals surface area contributed by atoms with Crippen LogP contribution >= 0.6 is 0 Å². The number of hydrogen-bond donors (Lipinski definition) is 2. The zero-order chi connectivity index (χ0) is 15.0. The quantitative estimate of drug-likeness (QED) is 0.849. The first kappa shape index (κ1) is 15.0. The van der Waals surface area contributed by atoms with E-state index >= 15 is 0 Å². The van der Waals surface area contributed by atoms with Gasteiger partial charge in [-0.2, -0.15) is 4.31 Å². The molecule has 1 fully saturated rings. The van der Waals surface area contributed by atoms with Crippen LogP contribution in [0.4, 0.5) is 0 Å². The molecule has 1 aliphatic heterocycles. The molecule has 1 aromatic carbocycles. The van der Waals surface area contributed by atoms with Crippen LogP contribution in [0, 0.1) is 0 Å². The third-order valence-corrected chi connectivity index (χ3v) is 5.03. The summed E-state index contributed by atoms with van der Waals surface area (Å²) in [7, 11) is -3.67. The maximum atomic E-state index is 12.5. The van der Waals surface area contributed by atoms with Gasteiger partial charge in [-0.15, -0.1) is 0 Å². The predicted molar refractivity (Wildman–Crippen MR) is 73.8 cm³/mol. The summed E-state index contributed by atoms with van der Waals surface area (Å²) in [4.78, 5) is 11.3. The lowest BCUT2D eigenvalue weighted by Gasteiger charge is -2.41. The minimum absolute atomic E-state index is 0.0734. The van der Waals surface area contributed by atoms with E-state index in [4.69, 9.17) is 5.11 Å². The van der Waals surface area contributed by atoms with Crippen LogP contribution in [0.5, 0.6) is 0 Å². The molecule has 1 saturated heterocycles. The van der Waals surface area contributed by atoms with Crippen molar-refractivity contribution in [3.05, 3.63) is 30.3 Å². The maximum absolute atomic E-state index is 12.5. The number of carbonyl (C=O) groups is 1. The van der Waals surface area contributed by atoms with Gasteiger partial charge in [-0.05, 0) is 26.0 Å². The molecule has 20 heavy (non-hydrogen) atoms. The average Bonchev–Trinajstić information content (AvgIpc) is 2.37. The van der Waals surface area contributed by atoms with Crippen molar-refractivity contribution in [2.45, 2.75) is 30.3 Å². The van der Waals surface area contributed by atoms with Crippen LogP contribution in [0.1, 0.15) is 13.8 Å². The van der Waals surface area contributed by atoms with E-state index in [1.54, 1.807) is 32.0 Å².